The quantitative estimate of drug-likeness (QED) is 0.701. The van der Waals surface area contributed by atoms with Crippen LogP contribution in [0.4, 0.5) is 5.69 Å². The van der Waals surface area contributed by atoms with Gasteiger partial charge in [0.15, 0.2) is 0 Å². The molecule has 0 bridgehead atoms. The molecule has 94 valence electrons. The van der Waals surface area contributed by atoms with Crippen LogP contribution >= 0.6 is 0 Å². The molecule has 0 unspecified atom stereocenters. The zero-order chi connectivity index (χ0) is 13.2. The van der Waals surface area contributed by atoms with Crippen LogP contribution in [0.15, 0.2) is 54.7 Å². The Morgan fingerprint density at radius 2 is 1.95 bits per heavy atom. The Morgan fingerprint density at radius 1 is 1.05 bits per heavy atom. The molecule has 2 aromatic carbocycles. The molecule has 3 heteroatoms. The summed E-state index contributed by atoms with van der Waals surface area (Å²) in [6.45, 7) is 2.04. The number of nitrogen functional groups attached to an aromatic ring is 1. The van der Waals surface area contributed by atoms with E-state index in [2.05, 4.69) is 4.98 Å². The first-order valence-corrected chi connectivity index (χ1v) is 6.12. The largest absolute Gasteiger partial charge is 0.457 e. The molecule has 1 heterocycles. The zero-order valence-electron chi connectivity index (χ0n) is 10.6. The number of hydrogen-bond acceptors (Lipinski definition) is 3. The number of nitrogens with zero attached hydrogens (tertiary/aromatic N) is 1. The van der Waals surface area contributed by atoms with Crippen molar-refractivity contribution in [3.8, 4) is 11.5 Å². The lowest BCUT2D eigenvalue weighted by Gasteiger charge is -2.10. The molecule has 0 atom stereocenters. The Kier molecular flexibility index (Phi) is 2.80. The Hall–Kier alpha value is -2.55. The van der Waals surface area contributed by atoms with E-state index in [-0.39, 0.29) is 0 Å². The molecule has 19 heavy (non-hydrogen) atoms. The van der Waals surface area contributed by atoms with Crippen LogP contribution in [0.2, 0.25) is 0 Å². The van der Waals surface area contributed by atoms with E-state index in [1.165, 1.54) is 0 Å². The third kappa shape index (κ3) is 2.22. The number of hydrogen-bond donors (Lipinski definition) is 1. The van der Waals surface area contributed by atoms with Gasteiger partial charge in [-0.15, -0.1) is 0 Å². The molecule has 3 aromatic rings. The first-order valence-electron chi connectivity index (χ1n) is 6.12. The number of fused-ring (bicyclic) bond motifs is 1. The van der Waals surface area contributed by atoms with Gasteiger partial charge in [0.1, 0.15) is 11.5 Å². The molecule has 1 aromatic heterocycles. The van der Waals surface area contributed by atoms with Crippen molar-refractivity contribution in [2.45, 2.75) is 6.92 Å². The average molecular weight is 250 g/mol. The SMILES string of the molecule is Cc1cccc(Oc2ccc(N)c3ncccc23)c1. The maximum Gasteiger partial charge on any atom is 0.136 e. The highest BCUT2D eigenvalue weighted by Crippen LogP contribution is 2.32. The lowest BCUT2D eigenvalue weighted by atomic mass is 10.1. The van der Waals surface area contributed by atoms with E-state index in [4.69, 9.17) is 10.5 Å². The van der Waals surface area contributed by atoms with Gasteiger partial charge in [-0.25, -0.2) is 0 Å². The summed E-state index contributed by atoms with van der Waals surface area (Å²) in [5.41, 5.74) is 8.52. The summed E-state index contributed by atoms with van der Waals surface area (Å²) in [5.74, 6) is 1.58. The van der Waals surface area contributed by atoms with Crippen LogP contribution in [0.3, 0.4) is 0 Å². The standard InChI is InChI=1S/C16H14N2O/c1-11-4-2-5-12(10-11)19-15-8-7-14(17)16-13(15)6-3-9-18-16/h2-10H,17H2,1H3. The molecule has 0 radical (unpaired) electrons. The fourth-order valence-corrected chi connectivity index (χ4v) is 2.06. The second kappa shape index (κ2) is 4.61. The summed E-state index contributed by atoms with van der Waals surface area (Å²) in [4.78, 5) is 4.30. The van der Waals surface area contributed by atoms with E-state index < -0.39 is 0 Å². The van der Waals surface area contributed by atoms with Gasteiger partial charge in [-0.3, -0.25) is 4.98 Å². The first kappa shape index (κ1) is 11.5. The van der Waals surface area contributed by atoms with Crippen LogP contribution in [0, 0.1) is 6.92 Å². The van der Waals surface area contributed by atoms with Crippen LogP contribution in [-0.4, -0.2) is 4.98 Å². The molecule has 0 saturated carbocycles. The maximum absolute atomic E-state index is 5.93. The molecule has 2 N–H and O–H groups in total. The van der Waals surface area contributed by atoms with Gasteiger partial charge in [0.05, 0.1) is 11.2 Å². The van der Waals surface area contributed by atoms with Gasteiger partial charge in [0.2, 0.25) is 0 Å². The number of aromatic nitrogens is 1. The fourth-order valence-electron chi connectivity index (χ4n) is 2.06. The van der Waals surface area contributed by atoms with Crippen LogP contribution in [0.25, 0.3) is 10.9 Å². The zero-order valence-corrected chi connectivity index (χ0v) is 10.6. The monoisotopic (exact) mass is 250 g/mol. The highest BCUT2D eigenvalue weighted by Gasteiger charge is 2.06. The van der Waals surface area contributed by atoms with Gasteiger partial charge in [-0.05, 0) is 48.9 Å². The van der Waals surface area contributed by atoms with E-state index in [1.807, 2.05) is 55.5 Å². The van der Waals surface area contributed by atoms with E-state index in [0.717, 1.165) is 28.0 Å². The van der Waals surface area contributed by atoms with E-state index >= 15 is 0 Å². The third-order valence-electron chi connectivity index (χ3n) is 2.98. The predicted molar refractivity (Wildman–Crippen MR) is 77.4 cm³/mol. The van der Waals surface area contributed by atoms with Crippen LogP contribution < -0.4 is 10.5 Å². The molecule has 0 spiro atoms. The predicted octanol–water partition coefficient (Wildman–Crippen LogP) is 3.92. The number of benzene rings is 2. The van der Waals surface area contributed by atoms with Crippen molar-refractivity contribution in [3.05, 3.63) is 60.3 Å². The lowest BCUT2D eigenvalue weighted by molar-refractivity contribution is 0.488. The number of nitrogens with two attached hydrogens (primary N) is 1. The van der Waals surface area contributed by atoms with Gasteiger partial charge in [0.25, 0.3) is 0 Å². The van der Waals surface area contributed by atoms with Crippen molar-refractivity contribution in [2.75, 3.05) is 5.73 Å². The van der Waals surface area contributed by atoms with Crippen molar-refractivity contribution >= 4 is 16.6 Å². The summed E-state index contributed by atoms with van der Waals surface area (Å²) in [7, 11) is 0. The van der Waals surface area contributed by atoms with Crippen molar-refractivity contribution in [3.63, 3.8) is 0 Å². The molecule has 0 aliphatic heterocycles. The number of aryl methyl sites for hydroxylation is 1. The van der Waals surface area contributed by atoms with E-state index in [0.29, 0.717) is 5.69 Å². The summed E-state index contributed by atoms with van der Waals surface area (Å²) in [6, 6.07) is 15.5. The molecular weight excluding hydrogens is 236 g/mol. The van der Waals surface area contributed by atoms with Crippen molar-refractivity contribution in [2.24, 2.45) is 0 Å². The van der Waals surface area contributed by atoms with Gasteiger partial charge < -0.3 is 10.5 Å². The normalized spacial score (nSPS) is 10.6. The minimum atomic E-state index is 0.659. The van der Waals surface area contributed by atoms with Gasteiger partial charge in [-0.1, -0.05) is 12.1 Å². The van der Waals surface area contributed by atoms with Gasteiger partial charge in [-0.2, -0.15) is 0 Å². The summed E-state index contributed by atoms with van der Waals surface area (Å²) in [6.07, 6.45) is 1.73. The molecule has 0 aliphatic carbocycles. The molecule has 0 fully saturated rings. The Labute approximate surface area is 111 Å². The molecule has 0 saturated heterocycles. The van der Waals surface area contributed by atoms with Crippen molar-refractivity contribution in [1.82, 2.24) is 4.98 Å². The average Bonchev–Trinajstić information content (AvgIpc) is 2.42. The number of anilines is 1. The molecular formula is C16H14N2O. The Morgan fingerprint density at radius 3 is 2.79 bits per heavy atom. The van der Waals surface area contributed by atoms with E-state index in [1.54, 1.807) is 6.20 Å². The second-order valence-electron chi connectivity index (χ2n) is 4.47. The highest BCUT2D eigenvalue weighted by atomic mass is 16.5. The number of pyridine rings is 1. The molecule has 3 nitrogen and oxygen atoms in total. The first-order chi connectivity index (χ1) is 9.24. The second-order valence-corrected chi connectivity index (χ2v) is 4.47. The number of ether oxygens (including phenoxy) is 1. The smallest absolute Gasteiger partial charge is 0.136 e. The van der Waals surface area contributed by atoms with Crippen LogP contribution in [0.1, 0.15) is 5.56 Å². The number of rotatable bonds is 2. The maximum atomic E-state index is 5.93. The summed E-state index contributed by atoms with van der Waals surface area (Å²) in [5, 5.41) is 0.920. The molecule has 0 amide bonds. The molecule has 3 rings (SSSR count). The summed E-state index contributed by atoms with van der Waals surface area (Å²) >= 11 is 0. The van der Waals surface area contributed by atoms with Crippen molar-refractivity contribution < 1.29 is 4.74 Å². The third-order valence-corrected chi connectivity index (χ3v) is 2.98. The summed E-state index contributed by atoms with van der Waals surface area (Å²) < 4.78 is 5.93. The van der Waals surface area contributed by atoms with Crippen molar-refractivity contribution in [1.29, 1.82) is 0 Å². The van der Waals surface area contributed by atoms with Gasteiger partial charge >= 0.3 is 0 Å². The van der Waals surface area contributed by atoms with Crippen LogP contribution in [0.5, 0.6) is 11.5 Å². The van der Waals surface area contributed by atoms with Gasteiger partial charge in [0, 0.05) is 11.6 Å². The van der Waals surface area contributed by atoms with E-state index in [9.17, 15) is 0 Å². The lowest BCUT2D eigenvalue weighted by Crippen LogP contribution is -1.92. The van der Waals surface area contributed by atoms with Crippen LogP contribution in [-0.2, 0) is 0 Å². The topological polar surface area (TPSA) is 48.1 Å². The Bertz CT molecular complexity index is 738. The Balaban J connectivity index is 2.09. The fraction of sp³-hybridized carbons (Fsp3) is 0.0625. The molecule has 0 aliphatic rings. The minimum Gasteiger partial charge on any atom is -0.457 e. The highest BCUT2D eigenvalue weighted by molar-refractivity contribution is 5.93. The minimum absolute atomic E-state index is 0.659.